The molecule has 0 saturated carbocycles. The summed E-state index contributed by atoms with van der Waals surface area (Å²) in [4.78, 5) is 17.3. The summed E-state index contributed by atoms with van der Waals surface area (Å²) in [5.74, 6) is 0.354. The van der Waals surface area contributed by atoms with Crippen molar-refractivity contribution in [1.29, 1.82) is 0 Å². The minimum Gasteiger partial charge on any atom is -0.497 e. The first-order valence-electron chi connectivity index (χ1n) is 6.11. The molecule has 0 fully saturated rings. The average molecular weight is 272 g/mol. The van der Waals surface area contributed by atoms with Crippen LogP contribution in [0.1, 0.15) is 16.1 Å². The third-order valence-electron chi connectivity index (χ3n) is 2.97. The van der Waals surface area contributed by atoms with Gasteiger partial charge in [-0.1, -0.05) is 6.07 Å². The van der Waals surface area contributed by atoms with Crippen LogP contribution in [-0.2, 0) is 0 Å². The predicted molar refractivity (Wildman–Crippen MR) is 77.0 cm³/mol. The fourth-order valence-electron chi connectivity index (χ4n) is 1.90. The van der Waals surface area contributed by atoms with Gasteiger partial charge >= 0.3 is 5.97 Å². The Morgan fingerprint density at radius 3 is 2.70 bits per heavy atom. The van der Waals surface area contributed by atoms with Crippen LogP contribution in [0.2, 0.25) is 0 Å². The lowest BCUT2D eigenvalue weighted by Crippen LogP contribution is -2.13. The van der Waals surface area contributed by atoms with Crippen molar-refractivity contribution in [3.05, 3.63) is 47.7 Å². The molecule has 0 bridgehead atoms. The molecule has 0 atom stereocenters. The van der Waals surface area contributed by atoms with Gasteiger partial charge in [-0.2, -0.15) is 0 Å². The number of ether oxygens (including phenoxy) is 1. The van der Waals surface area contributed by atoms with Crippen LogP contribution in [0.25, 0.3) is 0 Å². The van der Waals surface area contributed by atoms with E-state index in [0.29, 0.717) is 11.5 Å². The molecular weight excluding hydrogens is 256 g/mol. The highest BCUT2D eigenvalue weighted by molar-refractivity contribution is 5.89. The Labute approximate surface area is 117 Å². The number of carbonyl (C=O) groups is 1. The summed E-state index contributed by atoms with van der Waals surface area (Å²) in [5, 5.41) is 9.10. The first-order valence-corrected chi connectivity index (χ1v) is 6.11. The van der Waals surface area contributed by atoms with Crippen LogP contribution in [0.15, 0.2) is 36.4 Å². The molecule has 0 amide bonds. The van der Waals surface area contributed by atoms with E-state index in [1.54, 1.807) is 26.2 Å². The molecule has 1 aromatic heterocycles. The monoisotopic (exact) mass is 272 g/mol. The van der Waals surface area contributed by atoms with Crippen molar-refractivity contribution in [3.63, 3.8) is 0 Å². The minimum atomic E-state index is -0.962. The summed E-state index contributed by atoms with van der Waals surface area (Å²) in [5.41, 5.74) is 1.76. The lowest BCUT2D eigenvalue weighted by molar-refractivity contribution is 0.0696. The Hall–Kier alpha value is -2.56. The van der Waals surface area contributed by atoms with E-state index in [-0.39, 0.29) is 5.56 Å². The zero-order valence-corrected chi connectivity index (χ0v) is 11.6. The second-order valence-corrected chi connectivity index (χ2v) is 4.42. The van der Waals surface area contributed by atoms with E-state index in [4.69, 9.17) is 9.84 Å². The molecule has 5 heteroatoms. The van der Waals surface area contributed by atoms with Gasteiger partial charge in [0.25, 0.3) is 0 Å². The zero-order chi connectivity index (χ0) is 14.7. The van der Waals surface area contributed by atoms with E-state index in [2.05, 4.69) is 4.98 Å². The molecule has 0 aliphatic heterocycles. The molecule has 0 aliphatic carbocycles. The molecule has 104 valence electrons. The van der Waals surface area contributed by atoms with Crippen molar-refractivity contribution in [2.45, 2.75) is 6.92 Å². The number of rotatable bonds is 4. The fraction of sp³-hybridized carbons (Fsp3) is 0.200. The largest absolute Gasteiger partial charge is 0.497 e. The van der Waals surface area contributed by atoms with Crippen molar-refractivity contribution < 1.29 is 14.6 Å². The Balaban J connectivity index is 2.41. The quantitative estimate of drug-likeness (QED) is 0.927. The number of aromatic carboxylic acids is 1. The van der Waals surface area contributed by atoms with Gasteiger partial charge in [0.1, 0.15) is 11.6 Å². The van der Waals surface area contributed by atoms with Crippen LogP contribution in [0.5, 0.6) is 5.75 Å². The number of hydrogen-bond donors (Lipinski definition) is 1. The molecule has 1 N–H and O–H groups in total. The van der Waals surface area contributed by atoms with E-state index in [1.807, 2.05) is 36.2 Å². The van der Waals surface area contributed by atoms with Gasteiger partial charge < -0.3 is 14.7 Å². The van der Waals surface area contributed by atoms with Gasteiger partial charge in [-0.05, 0) is 31.2 Å². The van der Waals surface area contributed by atoms with E-state index in [9.17, 15) is 4.79 Å². The first kappa shape index (κ1) is 13.9. The van der Waals surface area contributed by atoms with Gasteiger partial charge in [0.15, 0.2) is 0 Å². The minimum absolute atomic E-state index is 0.224. The number of carboxylic acid groups (broad SMARTS) is 1. The van der Waals surface area contributed by atoms with Gasteiger partial charge in [0.05, 0.1) is 12.7 Å². The van der Waals surface area contributed by atoms with Crippen LogP contribution >= 0.6 is 0 Å². The number of aromatic nitrogens is 1. The van der Waals surface area contributed by atoms with Crippen molar-refractivity contribution >= 4 is 17.5 Å². The smallest absolute Gasteiger partial charge is 0.335 e. The molecule has 2 rings (SSSR count). The number of aryl methyl sites for hydroxylation is 1. The third kappa shape index (κ3) is 2.88. The number of hydrogen-bond acceptors (Lipinski definition) is 4. The Morgan fingerprint density at radius 1 is 1.30 bits per heavy atom. The van der Waals surface area contributed by atoms with Crippen molar-refractivity contribution in [3.8, 4) is 5.75 Å². The number of anilines is 2. The average Bonchev–Trinajstić information content (AvgIpc) is 2.45. The number of benzene rings is 1. The number of methoxy groups -OCH3 is 1. The molecule has 0 radical (unpaired) electrons. The maximum absolute atomic E-state index is 11.1. The first-order chi connectivity index (χ1) is 9.51. The Morgan fingerprint density at radius 2 is 2.05 bits per heavy atom. The number of pyridine rings is 1. The SMILES string of the molecule is COc1cccc(N(C)c2cc(C(=O)O)cc(C)n2)c1. The zero-order valence-electron chi connectivity index (χ0n) is 11.6. The Kier molecular flexibility index (Phi) is 3.89. The van der Waals surface area contributed by atoms with E-state index in [0.717, 1.165) is 11.4 Å². The second kappa shape index (κ2) is 5.61. The number of nitrogens with zero attached hydrogens (tertiary/aromatic N) is 2. The summed E-state index contributed by atoms with van der Waals surface area (Å²) in [6.07, 6.45) is 0. The molecule has 5 nitrogen and oxygen atoms in total. The standard InChI is InChI=1S/C15H16N2O3/c1-10-7-11(15(18)19)8-14(16-10)17(2)12-5-4-6-13(9-12)20-3/h4-9H,1-3H3,(H,18,19). The summed E-state index contributed by atoms with van der Waals surface area (Å²) in [7, 11) is 3.44. The summed E-state index contributed by atoms with van der Waals surface area (Å²) in [6.45, 7) is 1.77. The van der Waals surface area contributed by atoms with Crippen molar-refractivity contribution in [2.24, 2.45) is 0 Å². The van der Waals surface area contributed by atoms with Gasteiger partial charge in [-0.3, -0.25) is 0 Å². The molecule has 0 spiro atoms. The van der Waals surface area contributed by atoms with Crippen LogP contribution in [0, 0.1) is 6.92 Å². The van der Waals surface area contributed by atoms with Crippen LogP contribution in [0.4, 0.5) is 11.5 Å². The van der Waals surface area contributed by atoms with Crippen LogP contribution in [0.3, 0.4) is 0 Å². The van der Waals surface area contributed by atoms with Crippen molar-refractivity contribution in [2.75, 3.05) is 19.1 Å². The Bertz CT molecular complexity index is 641. The third-order valence-corrected chi connectivity index (χ3v) is 2.97. The molecule has 0 saturated heterocycles. The lowest BCUT2D eigenvalue weighted by Gasteiger charge is -2.19. The van der Waals surface area contributed by atoms with Gasteiger partial charge in [-0.15, -0.1) is 0 Å². The molecule has 1 aromatic carbocycles. The second-order valence-electron chi connectivity index (χ2n) is 4.42. The van der Waals surface area contributed by atoms with E-state index in [1.165, 1.54) is 0 Å². The summed E-state index contributed by atoms with van der Waals surface area (Å²) < 4.78 is 5.19. The van der Waals surface area contributed by atoms with Gasteiger partial charge in [0, 0.05) is 24.5 Å². The summed E-state index contributed by atoms with van der Waals surface area (Å²) >= 11 is 0. The molecule has 0 unspecified atom stereocenters. The highest BCUT2D eigenvalue weighted by Crippen LogP contribution is 2.26. The van der Waals surface area contributed by atoms with Gasteiger partial charge in [-0.25, -0.2) is 9.78 Å². The van der Waals surface area contributed by atoms with Crippen LogP contribution in [-0.4, -0.2) is 30.2 Å². The maximum Gasteiger partial charge on any atom is 0.335 e. The highest BCUT2D eigenvalue weighted by Gasteiger charge is 2.11. The molecule has 0 aliphatic rings. The van der Waals surface area contributed by atoms with E-state index >= 15 is 0 Å². The topological polar surface area (TPSA) is 62.7 Å². The summed E-state index contributed by atoms with van der Waals surface area (Å²) in [6, 6.07) is 10.6. The highest BCUT2D eigenvalue weighted by atomic mass is 16.5. The number of carboxylic acids is 1. The normalized spacial score (nSPS) is 10.2. The van der Waals surface area contributed by atoms with Gasteiger partial charge in [0.2, 0.25) is 0 Å². The molecule has 1 heterocycles. The van der Waals surface area contributed by atoms with Crippen molar-refractivity contribution in [1.82, 2.24) is 4.98 Å². The lowest BCUT2D eigenvalue weighted by atomic mass is 10.2. The van der Waals surface area contributed by atoms with E-state index < -0.39 is 5.97 Å². The molecular formula is C15H16N2O3. The van der Waals surface area contributed by atoms with Crippen LogP contribution < -0.4 is 9.64 Å². The predicted octanol–water partition coefficient (Wildman–Crippen LogP) is 2.86. The fourth-order valence-corrected chi connectivity index (χ4v) is 1.90. The molecule has 2 aromatic rings. The maximum atomic E-state index is 11.1. The molecule has 20 heavy (non-hydrogen) atoms.